The molecule has 0 bridgehead atoms. The van der Waals surface area contributed by atoms with E-state index in [4.69, 9.17) is 10.3 Å². The van der Waals surface area contributed by atoms with Gasteiger partial charge in [0.1, 0.15) is 0 Å². The SMILES string of the molecule is CCOC(=O)C(/C=C(\OC)C(=O)OCC)=[N+]=[N-]. The van der Waals surface area contributed by atoms with Gasteiger partial charge in [-0.3, -0.25) is 0 Å². The quantitative estimate of drug-likeness (QED) is 0.167. The van der Waals surface area contributed by atoms with Crippen molar-refractivity contribution < 1.29 is 28.6 Å². The number of methoxy groups -OCH3 is 1. The van der Waals surface area contributed by atoms with Gasteiger partial charge in [-0.1, -0.05) is 0 Å². The van der Waals surface area contributed by atoms with Gasteiger partial charge >= 0.3 is 17.7 Å². The number of carbonyl (C=O) groups excluding carboxylic acids is 2. The monoisotopic (exact) mass is 242 g/mol. The summed E-state index contributed by atoms with van der Waals surface area (Å²) in [7, 11) is 1.23. The van der Waals surface area contributed by atoms with Crippen LogP contribution in [0.15, 0.2) is 11.8 Å². The third kappa shape index (κ3) is 4.94. The number of rotatable bonds is 6. The van der Waals surface area contributed by atoms with E-state index in [-0.39, 0.29) is 19.0 Å². The van der Waals surface area contributed by atoms with Crippen molar-refractivity contribution in [3.05, 3.63) is 17.4 Å². The fraction of sp³-hybridized carbons (Fsp3) is 0.500. The van der Waals surface area contributed by atoms with Crippen molar-refractivity contribution in [1.82, 2.24) is 0 Å². The fourth-order valence-corrected chi connectivity index (χ4v) is 0.861. The third-order valence-corrected chi connectivity index (χ3v) is 1.56. The van der Waals surface area contributed by atoms with E-state index in [1.54, 1.807) is 13.8 Å². The number of carbonyl (C=O) groups is 2. The normalized spacial score (nSPS) is 10.2. The molecule has 0 rings (SSSR count). The summed E-state index contributed by atoms with van der Waals surface area (Å²) < 4.78 is 14.0. The molecule has 17 heavy (non-hydrogen) atoms. The molecule has 0 saturated carbocycles. The molecule has 0 heterocycles. The lowest BCUT2D eigenvalue weighted by molar-refractivity contribution is -0.142. The summed E-state index contributed by atoms with van der Waals surface area (Å²) in [6.45, 7) is 3.49. The highest BCUT2D eigenvalue weighted by molar-refractivity contribution is 6.39. The van der Waals surface area contributed by atoms with E-state index in [0.29, 0.717) is 0 Å². The molecule has 0 saturated heterocycles. The Hall–Kier alpha value is -2.14. The molecule has 0 amide bonds. The van der Waals surface area contributed by atoms with Gasteiger partial charge in [-0.15, -0.1) is 0 Å². The molecule has 0 aliphatic heterocycles. The Bertz CT molecular complexity index is 369. The Morgan fingerprint density at radius 3 is 2.12 bits per heavy atom. The zero-order valence-electron chi connectivity index (χ0n) is 9.93. The van der Waals surface area contributed by atoms with Crippen molar-refractivity contribution in [1.29, 1.82) is 0 Å². The predicted molar refractivity (Wildman–Crippen MR) is 57.0 cm³/mol. The molecular weight excluding hydrogens is 228 g/mol. The molecule has 0 spiro atoms. The van der Waals surface area contributed by atoms with Gasteiger partial charge in [0.25, 0.3) is 0 Å². The van der Waals surface area contributed by atoms with E-state index in [0.717, 1.165) is 6.08 Å². The average molecular weight is 242 g/mol. The summed E-state index contributed by atoms with van der Waals surface area (Å²) in [6, 6.07) is 0. The summed E-state index contributed by atoms with van der Waals surface area (Å²) in [5.74, 6) is -1.89. The lowest BCUT2D eigenvalue weighted by atomic mass is 10.3. The van der Waals surface area contributed by atoms with E-state index < -0.39 is 17.7 Å². The van der Waals surface area contributed by atoms with Crippen molar-refractivity contribution >= 4 is 17.7 Å². The van der Waals surface area contributed by atoms with Crippen molar-refractivity contribution in [3.8, 4) is 0 Å². The zero-order valence-corrected chi connectivity index (χ0v) is 9.93. The van der Waals surface area contributed by atoms with Crippen molar-refractivity contribution in [2.24, 2.45) is 0 Å². The van der Waals surface area contributed by atoms with E-state index in [1.165, 1.54) is 7.11 Å². The van der Waals surface area contributed by atoms with Crippen LogP contribution in [0.25, 0.3) is 5.53 Å². The second-order valence-corrected chi connectivity index (χ2v) is 2.64. The molecule has 0 aromatic carbocycles. The minimum atomic E-state index is -0.867. The Morgan fingerprint density at radius 2 is 1.71 bits per heavy atom. The van der Waals surface area contributed by atoms with Crippen LogP contribution in [-0.4, -0.2) is 42.8 Å². The third-order valence-electron chi connectivity index (χ3n) is 1.56. The van der Waals surface area contributed by atoms with Gasteiger partial charge in [0, 0.05) is 0 Å². The highest BCUT2D eigenvalue weighted by atomic mass is 16.6. The number of ether oxygens (including phenoxy) is 3. The first-order valence-corrected chi connectivity index (χ1v) is 4.92. The van der Waals surface area contributed by atoms with Crippen LogP contribution in [-0.2, 0) is 23.8 Å². The smallest absolute Gasteiger partial charge is 0.421 e. The topological polar surface area (TPSA) is 98.2 Å². The number of hydrogen-bond acceptors (Lipinski definition) is 5. The standard InChI is InChI=1S/C10H14N2O5/c1-4-16-9(13)7(12-11)6-8(15-3)10(14)17-5-2/h6H,4-5H2,1-3H3/b8-6-. The first-order chi connectivity index (χ1) is 8.10. The van der Waals surface area contributed by atoms with Crippen LogP contribution in [0.2, 0.25) is 0 Å². The maximum atomic E-state index is 11.3. The molecule has 0 aliphatic rings. The molecule has 0 unspecified atom stereocenters. The Labute approximate surface area is 98.6 Å². The first-order valence-electron chi connectivity index (χ1n) is 4.92. The van der Waals surface area contributed by atoms with Crippen LogP contribution < -0.4 is 0 Å². The highest BCUT2D eigenvalue weighted by Crippen LogP contribution is 2.00. The zero-order chi connectivity index (χ0) is 13.3. The second-order valence-electron chi connectivity index (χ2n) is 2.64. The maximum absolute atomic E-state index is 11.3. The van der Waals surface area contributed by atoms with Gasteiger partial charge in [0.05, 0.1) is 26.4 Å². The van der Waals surface area contributed by atoms with Gasteiger partial charge in [0.15, 0.2) is 0 Å². The van der Waals surface area contributed by atoms with Crippen LogP contribution >= 0.6 is 0 Å². The summed E-state index contributed by atoms with van der Waals surface area (Å²) >= 11 is 0. The molecule has 94 valence electrons. The molecule has 0 aromatic heterocycles. The van der Waals surface area contributed by atoms with Gasteiger partial charge < -0.3 is 19.7 Å². The number of esters is 2. The van der Waals surface area contributed by atoms with Gasteiger partial charge in [-0.05, 0) is 13.8 Å². The Kier molecular flexibility index (Phi) is 7.05. The van der Waals surface area contributed by atoms with Crippen LogP contribution in [0.1, 0.15) is 13.8 Å². The molecule has 7 heteroatoms. The average Bonchev–Trinajstić information content (AvgIpc) is 2.31. The second kappa shape index (κ2) is 8.06. The molecule has 0 aromatic rings. The van der Waals surface area contributed by atoms with Gasteiger partial charge in [0.2, 0.25) is 5.76 Å². The van der Waals surface area contributed by atoms with E-state index in [9.17, 15) is 9.59 Å². The van der Waals surface area contributed by atoms with Crippen molar-refractivity contribution in [3.63, 3.8) is 0 Å². The van der Waals surface area contributed by atoms with Gasteiger partial charge in [-0.2, -0.15) is 4.79 Å². The molecule has 0 atom stereocenters. The minimum Gasteiger partial charge on any atom is -0.490 e. The molecule has 0 N–H and O–H groups in total. The fourth-order valence-electron chi connectivity index (χ4n) is 0.861. The molecule has 7 nitrogen and oxygen atoms in total. The number of hydrogen-bond donors (Lipinski definition) is 0. The van der Waals surface area contributed by atoms with Crippen molar-refractivity contribution in [2.45, 2.75) is 13.8 Å². The van der Waals surface area contributed by atoms with Crippen LogP contribution in [0, 0.1) is 0 Å². The minimum absolute atomic E-state index is 0.118. The molecule has 0 aliphatic carbocycles. The van der Waals surface area contributed by atoms with Crippen molar-refractivity contribution in [2.75, 3.05) is 20.3 Å². The summed E-state index contributed by atoms with van der Waals surface area (Å²) in [5.41, 5.74) is 8.17. The maximum Gasteiger partial charge on any atom is 0.421 e. The highest BCUT2D eigenvalue weighted by Gasteiger charge is 2.23. The van der Waals surface area contributed by atoms with E-state index >= 15 is 0 Å². The van der Waals surface area contributed by atoms with E-state index in [2.05, 4.69) is 14.3 Å². The molecular formula is C10H14N2O5. The Balaban J connectivity index is 4.98. The summed E-state index contributed by atoms with van der Waals surface area (Å²) in [4.78, 5) is 25.3. The number of nitrogens with zero attached hydrogens (tertiary/aromatic N) is 2. The molecule has 0 fully saturated rings. The van der Waals surface area contributed by atoms with Crippen LogP contribution in [0.4, 0.5) is 0 Å². The predicted octanol–water partition coefficient (Wildman–Crippen LogP) is 0.314. The largest absolute Gasteiger partial charge is 0.490 e. The first kappa shape index (κ1) is 14.9. The van der Waals surface area contributed by atoms with Crippen LogP contribution in [0.3, 0.4) is 0 Å². The molecule has 0 radical (unpaired) electrons. The lowest BCUT2D eigenvalue weighted by Crippen LogP contribution is -2.19. The van der Waals surface area contributed by atoms with Crippen LogP contribution in [0.5, 0.6) is 0 Å². The summed E-state index contributed by atoms with van der Waals surface area (Å²) in [6.07, 6.45) is 0.940. The lowest BCUT2D eigenvalue weighted by Gasteiger charge is -2.03. The van der Waals surface area contributed by atoms with E-state index in [1.807, 2.05) is 0 Å². The van der Waals surface area contributed by atoms with Gasteiger partial charge in [-0.25, -0.2) is 9.59 Å². The summed E-state index contributed by atoms with van der Waals surface area (Å²) in [5, 5.41) is 0. The Morgan fingerprint density at radius 1 is 1.18 bits per heavy atom.